The van der Waals surface area contributed by atoms with Crippen molar-refractivity contribution in [1.82, 2.24) is 0 Å². The van der Waals surface area contributed by atoms with Crippen LogP contribution < -0.4 is 0 Å². The molecule has 0 bridgehead atoms. The standard InChI is InChI=1S/C3H4O2.BrH/c1-2-3(4)5;/h2H,1H2,(H,4,5);1H. The molecule has 0 fully saturated rings. The van der Waals surface area contributed by atoms with Gasteiger partial charge in [0.15, 0.2) is 0 Å². The van der Waals surface area contributed by atoms with E-state index in [1.807, 2.05) is 0 Å². The smallest absolute Gasteiger partial charge is 0.327 e. The molecule has 0 atom stereocenters. The maximum Gasteiger partial charge on any atom is 0.327 e. The van der Waals surface area contributed by atoms with Gasteiger partial charge in [0.2, 0.25) is 0 Å². The van der Waals surface area contributed by atoms with Crippen LogP contribution in [0.3, 0.4) is 0 Å². The van der Waals surface area contributed by atoms with Gasteiger partial charge in [-0.05, 0) is 0 Å². The van der Waals surface area contributed by atoms with Gasteiger partial charge < -0.3 is 5.11 Å². The van der Waals surface area contributed by atoms with Gasteiger partial charge in [-0.1, -0.05) is 6.58 Å². The monoisotopic (exact) mass is 152 g/mol. The van der Waals surface area contributed by atoms with Crippen molar-refractivity contribution in [1.29, 1.82) is 0 Å². The first-order valence-corrected chi connectivity index (χ1v) is 1.12. The van der Waals surface area contributed by atoms with Gasteiger partial charge in [0.25, 0.3) is 0 Å². The lowest BCUT2D eigenvalue weighted by Crippen LogP contribution is -1.82. The zero-order valence-corrected chi connectivity index (χ0v) is 4.76. The highest BCUT2D eigenvalue weighted by Crippen LogP contribution is 1.54. The van der Waals surface area contributed by atoms with E-state index in [0.29, 0.717) is 0 Å². The number of hydrogen-bond acceptors (Lipinski definition) is 1. The zero-order chi connectivity index (χ0) is 4.28. The minimum Gasteiger partial charge on any atom is -0.478 e. The Morgan fingerprint density at radius 1 is 1.83 bits per heavy atom. The molecule has 0 aliphatic carbocycles. The second-order valence-corrected chi connectivity index (χ2v) is 0.542. The second kappa shape index (κ2) is 4.69. The fourth-order valence-corrected chi connectivity index (χ4v) is 0. The third-order valence-corrected chi connectivity index (χ3v) is 0.175. The SMILES string of the molecule is Br.C=CC(=O)O. The molecule has 0 heterocycles. The van der Waals surface area contributed by atoms with Gasteiger partial charge >= 0.3 is 5.97 Å². The highest BCUT2D eigenvalue weighted by atomic mass is 79.9. The predicted octanol–water partition coefficient (Wildman–Crippen LogP) is 0.835. The van der Waals surface area contributed by atoms with E-state index in [2.05, 4.69) is 6.58 Å². The summed E-state index contributed by atoms with van der Waals surface area (Å²) >= 11 is 0. The van der Waals surface area contributed by atoms with Crippen molar-refractivity contribution in [3.05, 3.63) is 12.7 Å². The summed E-state index contributed by atoms with van der Waals surface area (Å²) in [4.78, 5) is 9.25. The third kappa shape index (κ3) is 9.35. The molecule has 2 nitrogen and oxygen atoms in total. The highest BCUT2D eigenvalue weighted by Gasteiger charge is 1.73. The van der Waals surface area contributed by atoms with E-state index >= 15 is 0 Å². The Labute approximate surface area is 46.2 Å². The minimum absolute atomic E-state index is 0. The summed E-state index contributed by atoms with van der Waals surface area (Å²) in [6.45, 7) is 2.96. The molecule has 6 heavy (non-hydrogen) atoms. The van der Waals surface area contributed by atoms with Crippen molar-refractivity contribution in [2.45, 2.75) is 0 Å². The van der Waals surface area contributed by atoms with Crippen molar-refractivity contribution in [2.24, 2.45) is 0 Å². The molecular weight excluding hydrogens is 148 g/mol. The lowest BCUT2D eigenvalue weighted by molar-refractivity contribution is -0.131. The fraction of sp³-hybridized carbons (Fsp3) is 0. The van der Waals surface area contributed by atoms with Crippen molar-refractivity contribution < 1.29 is 9.90 Å². The molecule has 0 aromatic rings. The summed E-state index contributed by atoms with van der Waals surface area (Å²) in [5.74, 6) is -0.981. The van der Waals surface area contributed by atoms with Crippen LogP contribution in [0.25, 0.3) is 0 Å². The van der Waals surface area contributed by atoms with Crippen LogP contribution in [0, 0.1) is 0 Å². The van der Waals surface area contributed by atoms with E-state index in [9.17, 15) is 4.79 Å². The summed E-state index contributed by atoms with van der Waals surface area (Å²) in [7, 11) is 0. The van der Waals surface area contributed by atoms with E-state index in [1.54, 1.807) is 0 Å². The Bertz CT molecular complexity index is 59.8. The van der Waals surface area contributed by atoms with Crippen LogP contribution in [0.5, 0.6) is 0 Å². The lowest BCUT2D eigenvalue weighted by Gasteiger charge is -1.64. The van der Waals surface area contributed by atoms with Gasteiger partial charge in [0.1, 0.15) is 0 Å². The molecule has 0 unspecified atom stereocenters. The van der Waals surface area contributed by atoms with E-state index in [-0.39, 0.29) is 17.0 Å². The number of hydrogen-bond donors (Lipinski definition) is 1. The van der Waals surface area contributed by atoms with Crippen LogP contribution in [0.4, 0.5) is 0 Å². The van der Waals surface area contributed by atoms with Gasteiger partial charge in [-0.3, -0.25) is 0 Å². The van der Waals surface area contributed by atoms with Crippen LogP contribution in [0.15, 0.2) is 12.7 Å². The first kappa shape index (κ1) is 9.19. The van der Waals surface area contributed by atoms with Crippen LogP contribution in [-0.4, -0.2) is 11.1 Å². The lowest BCUT2D eigenvalue weighted by atomic mass is 10.7. The Morgan fingerprint density at radius 3 is 2.00 bits per heavy atom. The maximum atomic E-state index is 9.25. The van der Waals surface area contributed by atoms with E-state index < -0.39 is 5.97 Å². The molecule has 0 aliphatic heterocycles. The molecule has 0 spiro atoms. The minimum atomic E-state index is -0.981. The summed E-state index contributed by atoms with van der Waals surface area (Å²) in [6.07, 6.45) is 0.833. The van der Waals surface area contributed by atoms with Crippen molar-refractivity contribution in [2.75, 3.05) is 0 Å². The summed E-state index contributed by atoms with van der Waals surface area (Å²) in [6, 6.07) is 0. The summed E-state index contributed by atoms with van der Waals surface area (Å²) < 4.78 is 0. The van der Waals surface area contributed by atoms with E-state index in [4.69, 9.17) is 5.11 Å². The molecule has 0 radical (unpaired) electrons. The first-order chi connectivity index (χ1) is 2.27. The number of aliphatic carboxylic acids is 1. The molecule has 1 N–H and O–H groups in total. The highest BCUT2D eigenvalue weighted by molar-refractivity contribution is 8.93. The molecule has 3 heteroatoms. The maximum absolute atomic E-state index is 9.25. The van der Waals surface area contributed by atoms with Gasteiger partial charge in [-0.25, -0.2) is 4.79 Å². The number of rotatable bonds is 1. The number of carboxylic acid groups (broad SMARTS) is 1. The Morgan fingerprint density at radius 2 is 2.00 bits per heavy atom. The molecule has 0 aromatic heterocycles. The summed E-state index contributed by atoms with van der Waals surface area (Å²) in [5, 5.41) is 7.60. The molecule has 0 saturated heterocycles. The van der Waals surface area contributed by atoms with Crippen molar-refractivity contribution in [3.63, 3.8) is 0 Å². The summed E-state index contributed by atoms with van der Waals surface area (Å²) in [5.41, 5.74) is 0. The molecule has 0 aliphatic rings. The zero-order valence-electron chi connectivity index (χ0n) is 3.05. The normalized spacial score (nSPS) is 5.33. The molecule has 36 valence electrons. The third-order valence-electron chi connectivity index (χ3n) is 0.175. The van der Waals surface area contributed by atoms with Crippen LogP contribution >= 0.6 is 17.0 Å². The van der Waals surface area contributed by atoms with Crippen LogP contribution in [0.2, 0.25) is 0 Å². The Kier molecular flexibility index (Phi) is 7.19. The molecule has 0 rings (SSSR count). The fourth-order valence-electron chi connectivity index (χ4n) is 0. The van der Waals surface area contributed by atoms with Gasteiger partial charge in [-0.15, -0.1) is 17.0 Å². The van der Waals surface area contributed by atoms with Gasteiger partial charge in [0.05, 0.1) is 0 Å². The molecular formula is C3H5BrO2. The molecule has 0 saturated carbocycles. The van der Waals surface area contributed by atoms with Gasteiger partial charge in [-0.2, -0.15) is 0 Å². The molecule has 0 amide bonds. The average Bonchev–Trinajstić information content (AvgIpc) is 1.38. The number of halogens is 1. The topological polar surface area (TPSA) is 37.3 Å². The predicted molar refractivity (Wildman–Crippen MR) is 28.2 cm³/mol. The van der Waals surface area contributed by atoms with Crippen molar-refractivity contribution >= 4 is 23.0 Å². The molecule has 0 aromatic carbocycles. The average molecular weight is 153 g/mol. The van der Waals surface area contributed by atoms with Crippen LogP contribution in [-0.2, 0) is 4.79 Å². The quantitative estimate of drug-likeness (QED) is 0.566. The van der Waals surface area contributed by atoms with Crippen molar-refractivity contribution in [3.8, 4) is 0 Å². The largest absolute Gasteiger partial charge is 0.478 e. The first-order valence-electron chi connectivity index (χ1n) is 1.12. The second-order valence-electron chi connectivity index (χ2n) is 0.542. The number of carboxylic acids is 1. The van der Waals surface area contributed by atoms with Gasteiger partial charge in [0, 0.05) is 6.08 Å². The van der Waals surface area contributed by atoms with Crippen LogP contribution in [0.1, 0.15) is 0 Å². The Hall–Kier alpha value is -0.310. The Balaban J connectivity index is 0. The number of carbonyl (C=O) groups is 1. The van der Waals surface area contributed by atoms with E-state index in [1.165, 1.54) is 0 Å². The van der Waals surface area contributed by atoms with E-state index in [0.717, 1.165) is 6.08 Å².